The van der Waals surface area contributed by atoms with Crippen molar-refractivity contribution in [2.45, 2.75) is 19.4 Å². The minimum absolute atomic E-state index is 0.0468. The van der Waals surface area contributed by atoms with Crippen LogP contribution in [0.2, 0.25) is 0 Å². The van der Waals surface area contributed by atoms with Gasteiger partial charge in [0.25, 0.3) is 5.91 Å². The Bertz CT molecular complexity index is 763. The minimum atomic E-state index is 0.0468. The molecule has 3 rings (SSSR count). The fraction of sp³-hybridized carbons (Fsp3) is 0.409. The van der Waals surface area contributed by atoms with Crippen molar-refractivity contribution in [2.75, 3.05) is 40.4 Å². The molecule has 1 heterocycles. The van der Waals surface area contributed by atoms with E-state index in [1.54, 1.807) is 32.4 Å². The van der Waals surface area contributed by atoms with Gasteiger partial charge in [-0.15, -0.1) is 0 Å². The van der Waals surface area contributed by atoms with Crippen molar-refractivity contribution in [2.24, 2.45) is 0 Å². The highest BCUT2D eigenvalue weighted by atomic mass is 16.5. The SMILES string of the molecule is COc1ccc(C(=O)N2CCN(CCc3ccccc3)C(C)C2)cc1OC. The summed E-state index contributed by atoms with van der Waals surface area (Å²) in [5, 5.41) is 0. The van der Waals surface area contributed by atoms with Crippen molar-refractivity contribution >= 4 is 5.91 Å². The smallest absolute Gasteiger partial charge is 0.254 e. The average Bonchev–Trinajstić information content (AvgIpc) is 2.72. The first-order valence-corrected chi connectivity index (χ1v) is 9.41. The maximum absolute atomic E-state index is 12.9. The fourth-order valence-corrected chi connectivity index (χ4v) is 3.58. The molecule has 1 unspecified atom stereocenters. The monoisotopic (exact) mass is 368 g/mol. The van der Waals surface area contributed by atoms with Crippen LogP contribution in [0.5, 0.6) is 11.5 Å². The van der Waals surface area contributed by atoms with E-state index in [1.165, 1.54) is 5.56 Å². The second-order valence-electron chi connectivity index (χ2n) is 6.94. The summed E-state index contributed by atoms with van der Waals surface area (Å²) in [5.74, 6) is 1.26. The normalized spacial score (nSPS) is 17.6. The third-order valence-electron chi connectivity index (χ3n) is 5.21. The van der Waals surface area contributed by atoms with Gasteiger partial charge in [0.2, 0.25) is 0 Å². The summed E-state index contributed by atoms with van der Waals surface area (Å²) in [6, 6.07) is 16.2. The number of hydrogen-bond acceptors (Lipinski definition) is 4. The summed E-state index contributed by atoms with van der Waals surface area (Å²) in [6.45, 7) is 5.59. The third kappa shape index (κ3) is 4.61. The lowest BCUT2D eigenvalue weighted by atomic mass is 10.1. The van der Waals surface area contributed by atoms with E-state index in [4.69, 9.17) is 9.47 Å². The van der Waals surface area contributed by atoms with E-state index >= 15 is 0 Å². The fourth-order valence-electron chi connectivity index (χ4n) is 3.58. The van der Waals surface area contributed by atoms with Crippen LogP contribution in [0.25, 0.3) is 0 Å². The van der Waals surface area contributed by atoms with E-state index in [0.717, 1.165) is 32.6 Å². The molecule has 0 spiro atoms. The molecule has 1 aliphatic heterocycles. The molecule has 1 amide bonds. The molecule has 144 valence electrons. The number of ether oxygens (including phenoxy) is 2. The molecule has 0 saturated carbocycles. The highest BCUT2D eigenvalue weighted by Crippen LogP contribution is 2.28. The van der Waals surface area contributed by atoms with Gasteiger partial charge in [0.05, 0.1) is 14.2 Å². The Morgan fingerprint density at radius 3 is 2.44 bits per heavy atom. The maximum Gasteiger partial charge on any atom is 0.254 e. The molecule has 27 heavy (non-hydrogen) atoms. The quantitative estimate of drug-likeness (QED) is 0.786. The van der Waals surface area contributed by atoms with Gasteiger partial charge in [-0.1, -0.05) is 30.3 Å². The van der Waals surface area contributed by atoms with Crippen LogP contribution in [0.15, 0.2) is 48.5 Å². The summed E-state index contributed by atoms with van der Waals surface area (Å²) >= 11 is 0. The van der Waals surface area contributed by atoms with Crippen LogP contribution < -0.4 is 9.47 Å². The number of nitrogens with zero attached hydrogens (tertiary/aromatic N) is 2. The van der Waals surface area contributed by atoms with E-state index in [-0.39, 0.29) is 5.91 Å². The predicted octanol–water partition coefficient (Wildman–Crippen LogP) is 3.09. The van der Waals surface area contributed by atoms with Gasteiger partial charge in [0.15, 0.2) is 11.5 Å². The molecule has 0 radical (unpaired) electrons. The summed E-state index contributed by atoms with van der Waals surface area (Å²) < 4.78 is 10.6. The van der Waals surface area contributed by atoms with Crippen LogP contribution in [0.1, 0.15) is 22.8 Å². The minimum Gasteiger partial charge on any atom is -0.493 e. The summed E-state index contributed by atoms with van der Waals surface area (Å²) in [5.41, 5.74) is 1.99. The zero-order chi connectivity index (χ0) is 19.2. The Kier molecular flexibility index (Phi) is 6.35. The molecule has 0 N–H and O–H groups in total. The average molecular weight is 368 g/mol. The largest absolute Gasteiger partial charge is 0.493 e. The van der Waals surface area contributed by atoms with Gasteiger partial charge in [0.1, 0.15) is 0 Å². The number of methoxy groups -OCH3 is 2. The van der Waals surface area contributed by atoms with Gasteiger partial charge in [0, 0.05) is 37.8 Å². The van der Waals surface area contributed by atoms with E-state index < -0.39 is 0 Å². The van der Waals surface area contributed by atoms with Gasteiger partial charge in [-0.05, 0) is 37.1 Å². The van der Waals surface area contributed by atoms with E-state index in [0.29, 0.717) is 23.1 Å². The number of benzene rings is 2. The Morgan fingerprint density at radius 2 is 1.78 bits per heavy atom. The lowest BCUT2D eigenvalue weighted by molar-refractivity contribution is 0.0517. The maximum atomic E-state index is 12.9. The second-order valence-corrected chi connectivity index (χ2v) is 6.94. The van der Waals surface area contributed by atoms with Crippen LogP contribution >= 0.6 is 0 Å². The molecule has 5 heteroatoms. The van der Waals surface area contributed by atoms with Gasteiger partial charge >= 0.3 is 0 Å². The van der Waals surface area contributed by atoms with Gasteiger partial charge in [-0.25, -0.2) is 0 Å². The summed E-state index contributed by atoms with van der Waals surface area (Å²) in [7, 11) is 3.18. The Morgan fingerprint density at radius 1 is 1.04 bits per heavy atom. The number of hydrogen-bond donors (Lipinski definition) is 0. The van der Waals surface area contributed by atoms with Crippen molar-refractivity contribution < 1.29 is 14.3 Å². The molecule has 1 atom stereocenters. The van der Waals surface area contributed by atoms with E-state index in [1.807, 2.05) is 11.0 Å². The molecule has 0 aromatic heterocycles. The lowest BCUT2D eigenvalue weighted by Gasteiger charge is -2.40. The van der Waals surface area contributed by atoms with Crippen LogP contribution in [0.4, 0.5) is 0 Å². The van der Waals surface area contributed by atoms with Crippen LogP contribution in [0.3, 0.4) is 0 Å². The Balaban J connectivity index is 1.59. The first kappa shape index (κ1) is 19.2. The first-order valence-electron chi connectivity index (χ1n) is 9.41. The molecule has 0 aliphatic carbocycles. The number of rotatable bonds is 6. The highest BCUT2D eigenvalue weighted by molar-refractivity contribution is 5.95. The molecular formula is C22H28N2O3. The van der Waals surface area contributed by atoms with Crippen LogP contribution in [-0.4, -0.2) is 62.1 Å². The number of piperazine rings is 1. The molecular weight excluding hydrogens is 340 g/mol. The molecule has 2 aromatic rings. The zero-order valence-corrected chi connectivity index (χ0v) is 16.4. The standard InChI is InChI=1S/C22H28N2O3/c1-17-16-24(14-13-23(17)12-11-18-7-5-4-6-8-18)22(25)19-9-10-20(26-2)21(15-19)27-3/h4-10,15,17H,11-14,16H2,1-3H3. The number of carbonyl (C=O) groups is 1. The summed E-state index contributed by atoms with van der Waals surface area (Å²) in [6.07, 6.45) is 1.04. The molecule has 1 fully saturated rings. The van der Waals surface area contributed by atoms with E-state index in [2.05, 4.69) is 36.1 Å². The molecule has 0 bridgehead atoms. The molecule has 5 nitrogen and oxygen atoms in total. The topological polar surface area (TPSA) is 42.0 Å². The van der Waals surface area contributed by atoms with Gasteiger partial charge in [-0.3, -0.25) is 9.69 Å². The predicted molar refractivity (Wildman–Crippen MR) is 107 cm³/mol. The van der Waals surface area contributed by atoms with Crippen molar-refractivity contribution in [3.63, 3.8) is 0 Å². The molecule has 1 saturated heterocycles. The van der Waals surface area contributed by atoms with E-state index in [9.17, 15) is 4.79 Å². The second kappa shape index (κ2) is 8.91. The van der Waals surface area contributed by atoms with Gasteiger partial charge in [-0.2, -0.15) is 0 Å². The molecule has 1 aliphatic rings. The Labute approximate surface area is 161 Å². The highest BCUT2D eigenvalue weighted by Gasteiger charge is 2.27. The number of amides is 1. The van der Waals surface area contributed by atoms with Crippen molar-refractivity contribution in [1.29, 1.82) is 0 Å². The third-order valence-corrected chi connectivity index (χ3v) is 5.21. The van der Waals surface area contributed by atoms with Crippen LogP contribution in [-0.2, 0) is 6.42 Å². The van der Waals surface area contributed by atoms with Crippen molar-refractivity contribution in [3.8, 4) is 11.5 Å². The van der Waals surface area contributed by atoms with Crippen molar-refractivity contribution in [3.05, 3.63) is 59.7 Å². The first-order chi connectivity index (χ1) is 13.1. The Hall–Kier alpha value is -2.53. The number of carbonyl (C=O) groups excluding carboxylic acids is 1. The van der Waals surface area contributed by atoms with Crippen molar-refractivity contribution in [1.82, 2.24) is 9.80 Å². The van der Waals surface area contributed by atoms with Gasteiger partial charge < -0.3 is 14.4 Å². The lowest BCUT2D eigenvalue weighted by Crippen LogP contribution is -2.54. The zero-order valence-electron chi connectivity index (χ0n) is 16.4. The van der Waals surface area contributed by atoms with Crippen LogP contribution in [0, 0.1) is 0 Å². The molecule has 2 aromatic carbocycles. The summed E-state index contributed by atoms with van der Waals surface area (Å²) in [4.78, 5) is 17.3.